The molecule has 4 aromatic rings. The minimum Gasteiger partial charge on any atom is -0.370 e. The third-order valence-electron chi connectivity index (χ3n) is 12.3. The number of aromatic nitrogens is 3. The minimum atomic E-state index is -1.62. The van der Waals surface area contributed by atoms with Crippen LogP contribution >= 0.6 is 0 Å². The number of fused-ring (bicyclic) bond motifs is 1. The Labute approximate surface area is 428 Å². The van der Waals surface area contributed by atoms with Crippen molar-refractivity contribution < 1.29 is 43.2 Å². The average molecular weight is 1020 g/mol. The first-order chi connectivity index (χ1) is 35.5. The summed E-state index contributed by atoms with van der Waals surface area (Å²) in [6, 6.07) is 6.88. The highest BCUT2D eigenvalue weighted by Crippen LogP contribution is 2.20. The Bertz CT molecular complexity index is 2580. The lowest BCUT2D eigenvalue weighted by Gasteiger charge is -2.28. The number of para-hydroxylation sites is 1. The Balaban J connectivity index is 1.52. The molecule has 7 atom stereocenters. The lowest BCUT2D eigenvalue weighted by Crippen LogP contribution is -2.61. The highest BCUT2D eigenvalue weighted by Gasteiger charge is 2.35. The van der Waals surface area contributed by atoms with Crippen LogP contribution in [0.4, 0.5) is 0 Å². The molecule has 74 heavy (non-hydrogen) atoms. The molecule has 0 spiro atoms. The van der Waals surface area contributed by atoms with E-state index in [9.17, 15) is 43.2 Å². The van der Waals surface area contributed by atoms with E-state index in [0.717, 1.165) is 10.9 Å². The molecule has 9 amide bonds. The molecule has 1 aliphatic heterocycles. The quantitative estimate of drug-likeness (QED) is 0.0335. The second-order valence-electron chi connectivity index (χ2n) is 18.2. The Kier molecular flexibility index (Phi) is 21.9. The Morgan fingerprint density at radius 1 is 0.757 bits per heavy atom. The molecule has 4 unspecified atom stereocenters. The van der Waals surface area contributed by atoms with Crippen molar-refractivity contribution in [3.05, 3.63) is 90.1 Å². The van der Waals surface area contributed by atoms with Gasteiger partial charge in [-0.2, -0.15) is 0 Å². The third kappa shape index (κ3) is 18.1. The fourth-order valence-corrected chi connectivity index (χ4v) is 8.40. The molecule has 0 radical (unpaired) electrons. The number of nitrogens with zero attached hydrogens (tertiary/aromatic N) is 2. The predicted octanol–water partition coefficient (Wildman–Crippen LogP) is -1.25. The summed E-state index contributed by atoms with van der Waals surface area (Å²) in [6.45, 7) is 3.26. The lowest BCUT2D eigenvalue weighted by atomic mass is 10.0. The maximum absolute atomic E-state index is 14.6. The number of benzene rings is 2. The fraction of sp³-hybridized carbons (Fsp3) is 0.460. The largest absolute Gasteiger partial charge is 0.370 e. The molecule has 398 valence electrons. The maximum Gasteiger partial charge on any atom is 0.243 e. The third-order valence-corrected chi connectivity index (χ3v) is 12.3. The standard InChI is InChI=1S/C50H69N15O9/c1-3-4-16-37-45(70)63-39(23-31-26-57-34-17-9-8-15-33(31)34)47(72)60-35(43(51)68)18-10-11-20-55-42(67)25-41(65-44(69)36(59-29(2)66)19-12-21-56-50(52)53)49(74)64-40(24-32-27-54-28-58-32)48(73)62-38(46(71)61-37)22-30-13-6-5-7-14-30/h5-9,13-15,17,26-28,35-41,57H,3-4,10-12,16,18-25H2,1-2H3,(H2,51,68)(H,54,58)(H,55,67)(H,59,66)(H,60,72)(H,61,71)(H,62,73)(H,63,70)(H,64,74)(H,65,69)(H4,52,53,56)/t35?,36-,37?,38?,39-,40-,41?/m0/s1. The van der Waals surface area contributed by atoms with Gasteiger partial charge in [-0.3, -0.25) is 48.1 Å². The minimum absolute atomic E-state index is 0.0154. The van der Waals surface area contributed by atoms with Crippen LogP contribution < -0.4 is 59.7 Å². The normalized spacial score (nSPS) is 21.3. The Morgan fingerprint density at radius 2 is 1.41 bits per heavy atom. The van der Waals surface area contributed by atoms with E-state index in [1.807, 2.05) is 31.2 Å². The van der Waals surface area contributed by atoms with Gasteiger partial charge in [0.2, 0.25) is 53.2 Å². The van der Waals surface area contributed by atoms with Gasteiger partial charge in [-0.05, 0) is 55.7 Å². The smallest absolute Gasteiger partial charge is 0.243 e. The lowest BCUT2D eigenvalue weighted by molar-refractivity contribution is -0.136. The van der Waals surface area contributed by atoms with Crippen LogP contribution in [-0.4, -0.2) is 129 Å². The number of nitrogens with two attached hydrogens (primary N) is 3. The number of hydrogen-bond acceptors (Lipinski definition) is 11. The number of rotatable bonds is 17. The average Bonchev–Trinajstić information content (AvgIpc) is 4.04. The van der Waals surface area contributed by atoms with Crippen molar-refractivity contribution in [2.24, 2.45) is 22.2 Å². The maximum atomic E-state index is 14.6. The second-order valence-corrected chi connectivity index (χ2v) is 18.2. The Morgan fingerprint density at radius 3 is 2.08 bits per heavy atom. The van der Waals surface area contributed by atoms with Crippen LogP contribution in [0.1, 0.15) is 88.5 Å². The topological polar surface area (TPSA) is 385 Å². The van der Waals surface area contributed by atoms with Gasteiger partial charge in [0.15, 0.2) is 5.96 Å². The van der Waals surface area contributed by atoms with Crippen molar-refractivity contribution in [1.82, 2.24) is 57.5 Å². The fourth-order valence-electron chi connectivity index (χ4n) is 8.40. The number of imidazole rings is 1. The van der Waals surface area contributed by atoms with E-state index in [1.165, 1.54) is 19.4 Å². The zero-order valence-electron chi connectivity index (χ0n) is 41.7. The number of aromatic amines is 2. The number of hydrogen-bond donors (Lipinski definition) is 13. The first kappa shape index (κ1) is 56.6. The number of guanidine groups is 1. The number of aliphatic imine (C=N–C) groups is 1. The van der Waals surface area contributed by atoms with Crippen molar-refractivity contribution in [2.45, 2.75) is 133 Å². The number of primary amides is 1. The number of unbranched alkanes of at least 4 members (excludes halogenated alkanes) is 1. The summed E-state index contributed by atoms with van der Waals surface area (Å²) >= 11 is 0. The van der Waals surface area contributed by atoms with Crippen LogP contribution in [0.25, 0.3) is 10.9 Å². The van der Waals surface area contributed by atoms with Gasteiger partial charge in [-0.1, -0.05) is 68.3 Å². The predicted molar refractivity (Wildman–Crippen MR) is 274 cm³/mol. The van der Waals surface area contributed by atoms with Gasteiger partial charge in [0, 0.05) is 68.3 Å². The zero-order valence-corrected chi connectivity index (χ0v) is 41.7. The number of nitrogens with one attached hydrogen (secondary N) is 10. The summed E-state index contributed by atoms with van der Waals surface area (Å²) in [5.74, 6) is -7.06. The molecule has 5 rings (SSSR count). The van der Waals surface area contributed by atoms with Crippen LogP contribution in [0.3, 0.4) is 0 Å². The van der Waals surface area contributed by atoms with Crippen molar-refractivity contribution in [1.29, 1.82) is 0 Å². The van der Waals surface area contributed by atoms with Gasteiger partial charge >= 0.3 is 0 Å². The molecule has 2 aromatic carbocycles. The first-order valence-corrected chi connectivity index (χ1v) is 24.8. The number of carbonyl (C=O) groups is 9. The van der Waals surface area contributed by atoms with Crippen LogP contribution in [0.2, 0.25) is 0 Å². The van der Waals surface area contributed by atoms with Gasteiger partial charge in [-0.15, -0.1) is 0 Å². The zero-order chi connectivity index (χ0) is 53.6. The van der Waals surface area contributed by atoms with E-state index in [0.29, 0.717) is 29.7 Å². The second kappa shape index (κ2) is 28.7. The monoisotopic (exact) mass is 1020 g/mol. The molecule has 1 saturated heterocycles. The van der Waals surface area contributed by atoms with Gasteiger partial charge in [0.25, 0.3) is 0 Å². The summed E-state index contributed by atoms with van der Waals surface area (Å²) in [5, 5.41) is 22.4. The van der Waals surface area contributed by atoms with E-state index < -0.39 is 102 Å². The Hall–Kier alpha value is -8.31. The molecule has 24 nitrogen and oxygen atoms in total. The van der Waals surface area contributed by atoms with Crippen molar-refractivity contribution in [2.75, 3.05) is 13.1 Å². The van der Waals surface area contributed by atoms with E-state index in [-0.39, 0.29) is 76.8 Å². The highest BCUT2D eigenvalue weighted by atomic mass is 16.2. The molecule has 3 heterocycles. The molecule has 0 saturated carbocycles. The van der Waals surface area contributed by atoms with E-state index >= 15 is 0 Å². The molecule has 24 heteroatoms. The first-order valence-electron chi connectivity index (χ1n) is 24.8. The summed E-state index contributed by atoms with van der Waals surface area (Å²) in [7, 11) is 0. The van der Waals surface area contributed by atoms with Gasteiger partial charge in [0.05, 0.1) is 12.7 Å². The van der Waals surface area contributed by atoms with Crippen LogP contribution in [0.5, 0.6) is 0 Å². The molecule has 0 bridgehead atoms. The van der Waals surface area contributed by atoms with Crippen LogP contribution in [-0.2, 0) is 62.4 Å². The van der Waals surface area contributed by atoms with Crippen molar-refractivity contribution >= 4 is 70.0 Å². The summed E-state index contributed by atoms with van der Waals surface area (Å²) in [4.78, 5) is 139. The van der Waals surface area contributed by atoms with E-state index in [2.05, 4.69) is 62.5 Å². The summed E-state index contributed by atoms with van der Waals surface area (Å²) in [5.41, 5.74) is 19.2. The number of carbonyl (C=O) groups excluding carboxylic acids is 9. The molecular formula is C50H69N15O9. The number of H-pyrrole nitrogens is 2. The SMILES string of the molecule is CCCCC1NC(=O)C(Cc2ccccc2)NC(=O)[C@H](Cc2cnc[nH]2)NC(=O)C(NC(=O)[C@H](CCCN=C(N)N)NC(C)=O)CC(=O)NCCCCC(C(N)=O)NC(=O)[C@H](Cc2c[nH]c3ccccc23)NC1=O. The van der Waals surface area contributed by atoms with Crippen molar-refractivity contribution in [3.63, 3.8) is 0 Å². The van der Waals surface area contributed by atoms with Crippen LogP contribution in [0.15, 0.2) is 78.3 Å². The van der Waals surface area contributed by atoms with Gasteiger partial charge in [0.1, 0.15) is 42.3 Å². The van der Waals surface area contributed by atoms with Gasteiger partial charge in [-0.25, -0.2) is 4.98 Å². The van der Waals surface area contributed by atoms with Gasteiger partial charge < -0.3 is 69.7 Å². The number of amides is 9. The molecule has 1 aliphatic rings. The van der Waals surface area contributed by atoms with E-state index in [4.69, 9.17) is 17.2 Å². The van der Waals surface area contributed by atoms with Crippen molar-refractivity contribution in [3.8, 4) is 0 Å². The van der Waals surface area contributed by atoms with E-state index in [1.54, 1.807) is 36.5 Å². The summed E-state index contributed by atoms with van der Waals surface area (Å²) < 4.78 is 0. The molecule has 0 aliphatic carbocycles. The van der Waals surface area contributed by atoms with Crippen LogP contribution in [0, 0.1) is 0 Å². The molecule has 1 fully saturated rings. The molecule has 2 aromatic heterocycles. The molecule has 16 N–H and O–H groups in total. The molecular weight excluding hydrogens is 955 g/mol. The highest BCUT2D eigenvalue weighted by molar-refractivity contribution is 5.99. The summed E-state index contributed by atoms with van der Waals surface area (Å²) in [6.07, 6.45) is 5.74.